The third kappa shape index (κ3) is 5.57. The molecule has 0 saturated carbocycles. The summed E-state index contributed by atoms with van der Waals surface area (Å²) in [5.41, 5.74) is 0.420. The number of carbonyl (C=O) groups excluding carboxylic acids is 1. The zero-order valence-corrected chi connectivity index (χ0v) is 12.9. The molecule has 108 valence electrons. The van der Waals surface area contributed by atoms with Gasteiger partial charge in [-0.15, -0.1) is 0 Å². The molecule has 0 heterocycles. The van der Waals surface area contributed by atoms with Crippen LogP contribution in [-0.4, -0.2) is 23.5 Å². The topological polar surface area (TPSA) is 63.6 Å². The van der Waals surface area contributed by atoms with E-state index < -0.39 is 5.97 Å². The number of ether oxygens (including phenoxy) is 1. The molecule has 0 amide bonds. The van der Waals surface area contributed by atoms with Crippen molar-refractivity contribution in [3.63, 3.8) is 0 Å². The maximum Gasteiger partial charge on any atom is 0.342 e. The quantitative estimate of drug-likeness (QED) is 0.444. The first-order chi connectivity index (χ1) is 9.54. The van der Waals surface area contributed by atoms with Crippen molar-refractivity contribution in [1.29, 1.82) is 0 Å². The van der Waals surface area contributed by atoms with Gasteiger partial charge in [0.2, 0.25) is 0 Å². The summed E-state index contributed by atoms with van der Waals surface area (Å²) in [4.78, 5) is 22.4. The molecule has 1 rings (SSSR count). The van der Waals surface area contributed by atoms with Crippen LogP contribution in [0.25, 0.3) is 0 Å². The Labute approximate surface area is 126 Å². The highest BCUT2D eigenvalue weighted by molar-refractivity contribution is 9.12. The smallest absolute Gasteiger partial charge is 0.342 e. The first-order valence-corrected chi connectivity index (χ1v) is 7.21. The monoisotopic (exact) mass is 340 g/mol. The van der Waals surface area contributed by atoms with Gasteiger partial charge in [0.1, 0.15) is 10.2 Å². The van der Waals surface area contributed by atoms with Crippen molar-refractivity contribution in [3.8, 4) is 5.75 Å². The van der Waals surface area contributed by atoms with Crippen molar-refractivity contribution in [2.75, 3.05) is 6.61 Å². The van der Waals surface area contributed by atoms with E-state index in [0.717, 1.165) is 25.3 Å². The van der Waals surface area contributed by atoms with Crippen LogP contribution >= 0.6 is 15.9 Å². The molecule has 0 saturated heterocycles. The van der Waals surface area contributed by atoms with Crippen LogP contribution in [0.5, 0.6) is 5.75 Å². The van der Waals surface area contributed by atoms with Gasteiger partial charge in [-0.3, -0.25) is 4.79 Å². The number of allylic oxidation sites excluding steroid dienone is 1. The summed E-state index contributed by atoms with van der Waals surface area (Å²) in [7, 11) is 0. The van der Waals surface area contributed by atoms with E-state index in [1.54, 1.807) is 24.3 Å². The van der Waals surface area contributed by atoms with Gasteiger partial charge in [0.25, 0.3) is 0 Å². The molecule has 0 fully saturated rings. The molecule has 0 aliphatic carbocycles. The lowest BCUT2D eigenvalue weighted by Gasteiger charge is -2.06. The molecule has 0 unspecified atom stereocenters. The van der Waals surface area contributed by atoms with Crippen LogP contribution in [0.2, 0.25) is 0 Å². The van der Waals surface area contributed by atoms with Crippen LogP contribution < -0.4 is 4.74 Å². The van der Waals surface area contributed by atoms with Gasteiger partial charge >= 0.3 is 5.97 Å². The highest BCUT2D eigenvalue weighted by Crippen LogP contribution is 2.15. The number of rotatable bonds is 8. The Kier molecular flexibility index (Phi) is 7.01. The van der Waals surface area contributed by atoms with E-state index in [1.807, 2.05) is 0 Å². The van der Waals surface area contributed by atoms with Gasteiger partial charge in [0.15, 0.2) is 5.78 Å². The zero-order valence-electron chi connectivity index (χ0n) is 11.3. The van der Waals surface area contributed by atoms with Crippen LogP contribution in [-0.2, 0) is 4.79 Å². The Morgan fingerprint density at radius 3 is 2.45 bits per heavy atom. The molecule has 1 aromatic rings. The number of aliphatic carboxylic acids is 1. The molecule has 0 radical (unpaired) electrons. The minimum absolute atomic E-state index is 0.164. The van der Waals surface area contributed by atoms with Crippen molar-refractivity contribution < 1.29 is 19.4 Å². The van der Waals surface area contributed by atoms with E-state index in [-0.39, 0.29) is 10.3 Å². The highest BCUT2D eigenvalue weighted by atomic mass is 79.9. The molecule has 0 aliphatic rings. The van der Waals surface area contributed by atoms with Gasteiger partial charge in [0.05, 0.1) is 6.61 Å². The zero-order chi connectivity index (χ0) is 15.0. The van der Waals surface area contributed by atoms with Crippen LogP contribution in [0, 0.1) is 0 Å². The first kappa shape index (κ1) is 16.4. The number of hydrogen-bond donors (Lipinski definition) is 1. The molecule has 5 heteroatoms. The average molecular weight is 341 g/mol. The highest BCUT2D eigenvalue weighted by Gasteiger charge is 2.08. The predicted molar refractivity (Wildman–Crippen MR) is 80.4 cm³/mol. The van der Waals surface area contributed by atoms with Gasteiger partial charge in [-0.05, 0) is 46.6 Å². The second-order valence-electron chi connectivity index (χ2n) is 4.24. The average Bonchev–Trinajstić information content (AvgIpc) is 2.44. The molecule has 0 bridgehead atoms. The van der Waals surface area contributed by atoms with E-state index in [4.69, 9.17) is 9.84 Å². The van der Waals surface area contributed by atoms with Crippen LogP contribution in [0.4, 0.5) is 0 Å². The van der Waals surface area contributed by atoms with E-state index in [0.29, 0.717) is 17.9 Å². The number of halogens is 1. The SMILES string of the molecule is CCCCCOc1ccc(C(=O)C=C(Br)C(=O)O)cc1. The van der Waals surface area contributed by atoms with Crippen LogP contribution in [0.1, 0.15) is 36.5 Å². The van der Waals surface area contributed by atoms with Gasteiger partial charge < -0.3 is 9.84 Å². The molecule has 0 spiro atoms. The minimum Gasteiger partial charge on any atom is -0.494 e. The Bertz CT molecular complexity index is 491. The molecule has 1 N–H and O–H groups in total. The number of benzene rings is 1. The van der Waals surface area contributed by atoms with Crippen molar-refractivity contribution in [3.05, 3.63) is 40.4 Å². The van der Waals surface area contributed by atoms with Crippen molar-refractivity contribution >= 4 is 27.7 Å². The number of hydrogen-bond acceptors (Lipinski definition) is 3. The Hall–Kier alpha value is -1.62. The van der Waals surface area contributed by atoms with Crippen molar-refractivity contribution in [1.82, 2.24) is 0 Å². The lowest BCUT2D eigenvalue weighted by atomic mass is 10.1. The van der Waals surface area contributed by atoms with Gasteiger partial charge in [-0.25, -0.2) is 4.79 Å². The number of unbranched alkanes of at least 4 members (excludes halogenated alkanes) is 2. The molecule has 4 nitrogen and oxygen atoms in total. The lowest BCUT2D eigenvalue weighted by Crippen LogP contribution is -2.01. The number of carboxylic acid groups (broad SMARTS) is 1. The number of carbonyl (C=O) groups is 2. The predicted octanol–water partition coefficient (Wildman–Crippen LogP) is 3.80. The fourth-order valence-electron chi connectivity index (χ4n) is 1.52. The minimum atomic E-state index is -1.17. The van der Waals surface area contributed by atoms with E-state index in [1.165, 1.54) is 0 Å². The summed E-state index contributed by atoms with van der Waals surface area (Å²) in [6, 6.07) is 6.66. The summed E-state index contributed by atoms with van der Waals surface area (Å²) in [5.74, 6) is -0.829. The maximum absolute atomic E-state index is 11.8. The second-order valence-corrected chi connectivity index (χ2v) is 5.10. The molecule has 0 aliphatic heterocycles. The number of ketones is 1. The largest absolute Gasteiger partial charge is 0.494 e. The number of carboxylic acids is 1. The molecule has 1 aromatic carbocycles. The summed E-state index contributed by atoms with van der Waals surface area (Å²) in [6.07, 6.45) is 4.32. The van der Waals surface area contributed by atoms with Gasteiger partial charge in [-0.1, -0.05) is 19.8 Å². The fourth-order valence-corrected chi connectivity index (χ4v) is 1.73. The Morgan fingerprint density at radius 1 is 1.25 bits per heavy atom. The lowest BCUT2D eigenvalue weighted by molar-refractivity contribution is -0.131. The first-order valence-electron chi connectivity index (χ1n) is 6.42. The molecule has 20 heavy (non-hydrogen) atoms. The fraction of sp³-hybridized carbons (Fsp3) is 0.333. The summed E-state index contributed by atoms with van der Waals surface area (Å²) in [5, 5.41) is 8.68. The van der Waals surface area contributed by atoms with Crippen LogP contribution in [0.3, 0.4) is 0 Å². The van der Waals surface area contributed by atoms with E-state index in [9.17, 15) is 9.59 Å². The van der Waals surface area contributed by atoms with Gasteiger partial charge in [-0.2, -0.15) is 0 Å². The molecule has 0 aromatic heterocycles. The second kappa shape index (κ2) is 8.53. The maximum atomic E-state index is 11.8. The standard InChI is InChI=1S/C15H17BrO4/c1-2-3-4-9-20-12-7-5-11(6-8-12)14(17)10-13(16)15(18)19/h5-8,10H,2-4,9H2,1H3,(H,18,19). The Balaban J connectivity index is 2.60. The third-order valence-electron chi connectivity index (χ3n) is 2.62. The summed E-state index contributed by atoms with van der Waals surface area (Å²) < 4.78 is 5.37. The summed E-state index contributed by atoms with van der Waals surface area (Å²) >= 11 is 2.82. The van der Waals surface area contributed by atoms with Crippen molar-refractivity contribution in [2.24, 2.45) is 0 Å². The van der Waals surface area contributed by atoms with E-state index >= 15 is 0 Å². The molecular weight excluding hydrogens is 324 g/mol. The third-order valence-corrected chi connectivity index (χ3v) is 3.19. The molecule has 0 atom stereocenters. The van der Waals surface area contributed by atoms with E-state index in [2.05, 4.69) is 22.9 Å². The summed E-state index contributed by atoms with van der Waals surface area (Å²) in [6.45, 7) is 2.79. The Morgan fingerprint density at radius 2 is 1.90 bits per heavy atom. The molecular formula is C15H17BrO4. The van der Waals surface area contributed by atoms with Crippen molar-refractivity contribution in [2.45, 2.75) is 26.2 Å². The van der Waals surface area contributed by atoms with Crippen LogP contribution in [0.15, 0.2) is 34.8 Å². The van der Waals surface area contributed by atoms with Gasteiger partial charge in [0, 0.05) is 11.6 Å². The normalized spacial score (nSPS) is 11.2.